The summed E-state index contributed by atoms with van der Waals surface area (Å²) >= 11 is 0. The fraction of sp³-hybridized carbons (Fsp3) is 0.269. The largest absolute Gasteiger partial charge is 0.294 e. The van der Waals surface area contributed by atoms with Crippen LogP contribution in [0.2, 0.25) is 0 Å². The lowest BCUT2D eigenvalue weighted by Crippen LogP contribution is -2.39. The van der Waals surface area contributed by atoms with E-state index < -0.39 is 0 Å². The summed E-state index contributed by atoms with van der Waals surface area (Å²) in [7, 11) is 0. The lowest BCUT2D eigenvalue weighted by atomic mass is 9.63. The number of ketones is 1. The van der Waals surface area contributed by atoms with Gasteiger partial charge in [0.25, 0.3) is 0 Å². The Morgan fingerprint density at radius 2 is 1.78 bits per heavy atom. The van der Waals surface area contributed by atoms with Crippen molar-refractivity contribution in [1.82, 2.24) is 0 Å². The molecule has 3 aromatic carbocycles. The van der Waals surface area contributed by atoms with Crippen molar-refractivity contribution in [3.63, 3.8) is 0 Å². The van der Waals surface area contributed by atoms with Crippen molar-refractivity contribution in [3.8, 4) is 11.1 Å². The first-order valence-electron chi connectivity index (χ1n) is 10.1. The van der Waals surface area contributed by atoms with Crippen molar-refractivity contribution in [2.45, 2.75) is 32.1 Å². The molecule has 27 heavy (non-hydrogen) atoms. The smallest absolute Gasteiger partial charge is 0.169 e. The van der Waals surface area contributed by atoms with E-state index in [0.717, 1.165) is 37.7 Å². The maximum Gasteiger partial charge on any atom is 0.169 e. The maximum absolute atomic E-state index is 13.5. The Labute approximate surface area is 159 Å². The van der Waals surface area contributed by atoms with Crippen LogP contribution in [0.1, 0.15) is 41.6 Å². The molecule has 3 aromatic rings. The predicted octanol–water partition coefficient (Wildman–Crippen LogP) is 6.36. The van der Waals surface area contributed by atoms with Crippen LogP contribution >= 0.6 is 0 Å². The molecule has 0 N–H and O–H groups in total. The van der Waals surface area contributed by atoms with Gasteiger partial charge in [-0.25, -0.2) is 0 Å². The minimum absolute atomic E-state index is 0.0886. The van der Waals surface area contributed by atoms with Gasteiger partial charge in [-0.15, -0.1) is 0 Å². The zero-order valence-corrected chi connectivity index (χ0v) is 15.4. The Morgan fingerprint density at radius 3 is 2.56 bits per heavy atom. The van der Waals surface area contributed by atoms with Crippen molar-refractivity contribution in [3.05, 3.63) is 83.4 Å². The number of carbonyl (C=O) groups excluding carboxylic acids is 1. The summed E-state index contributed by atoms with van der Waals surface area (Å²) in [5.74, 6) is 0.982. The van der Waals surface area contributed by atoms with Gasteiger partial charge in [-0.2, -0.15) is 0 Å². The summed E-state index contributed by atoms with van der Waals surface area (Å²) in [5, 5.41) is 2.43. The van der Waals surface area contributed by atoms with Gasteiger partial charge in [-0.3, -0.25) is 4.79 Å². The van der Waals surface area contributed by atoms with Crippen LogP contribution in [0.15, 0.2) is 72.3 Å². The molecule has 2 atom stereocenters. The van der Waals surface area contributed by atoms with E-state index in [2.05, 4.69) is 60.7 Å². The molecule has 2 bridgehead atoms. The summed E-state index contributed by atoms with van der Waals surface area (Å²) in [6.45, 7) is 0. The average Bonchev–Trinajstić information content (AvgIpc) is 3.32. The SMILES string of the molecule is O=C1c2cc3ccc(-c4ccccc4)cc3cc2CCC12CC1=CCC2C1. The lowest BCUT2D eigenvalue weighted by molar-refractivity contribution is 0.0671. The molecule has 0 saturated heterocycles. The molecular weight excluding hydrogens is 328 g/mol. The highest BCUT2D eigenvalue weighted by atomic mass is 16.1. The van der Waals surface area contributed by atoms with Gasteiger partial charge in [0.05, 0.1) is 0 Å². The molecule has 0 aromatic heterocycles. The number of benzene rings is 3. The molecule has 2 unspecified atom stereocenters. The molecule has 1 saturated carbocycles. The number of carbonyl (C=O) groups is 1. The summed E-state index contributed by atoms with van der Waals surface area (Å²) in [6.07, 6.45) is 7.74. The van der Waals surface area contributed by atoms with Gasteiger partial charge in [0.15, 0.2) is 5.78 Å². The molecular formula is C26H22O. The zero-order chi connectivity index (χ0) is 18.0. The van der Waals surface area contributed by atoms with E-state index in [-0.39, 0.29) is 5.41 Å². The normalized spacial score (nSPS) is 25.9. The number of aryl methyl sites for hydroxylation is 1. The molecule has 1 nitrogen and oxygen atoms in total. The van der Waals surface area contributed by atoms with Gasteiger partial charge in [0, 0.05) is 11.0 Å². The van der Waals surface area contributed by atoms with Crippen molar-refractivity contribution < 1.29 is 4.79 Å². The highest BCUT2D eigenvalue weighted by molar-refractivity contribution is 6.07. The third-order valence-corrected chi connectivity index (χ3v) is 7.23. The molecule has 0 radical (unpaired) electrons. The van der Waals surface area contributed by atoms with E-state index in [9.17, 15) is 4.79 Å². The van der Waals surface area contributed by atoms with Crippen LogP contribution in [0.3, 0.4) is 0 Å². The first-order chi connectivity index (χ1) is 13.2. The first kappa shape index (κ1) is 15.4. The van der Waals surface area contributed by atoms with Crippen LogP contribution < -0.4 is 0 Å². The van der Waals surface area contributed by atoms with Crippen molar-refractivity contribution in [2.75, 3.05) is 0 Å². The second kappa shape index (κ2) is 5.42. The molecule has 1 fully saturated rings. The number of allylic oxidation sites excluding steroid dienone is 2. The molecule has 0 amide bonds. The fourth-order valence-corrected chi connectivity index (χ4v) is 5.78. The predicted molar refractivity (Wildman–Crippen MR) is 110 cm³/mol. The summed E-state index contributed by atoms with van der Waals surface area (Å²) in [5.41, 5.74) is 6.16. The Kier molecular flexibility index (Phi) is 3.09. The molecule has 0 aliphatic heterocycles. The average molecular weight is 350 g/mol. The quantitative estimate of drug-likeness (QED) is 0.467. The van der Waals surface area contributed by atoms with Gasteiger partial charge in [0.1, 0.15) is 0 Å². The third kappa shape index (κ3) is 2.15. The van der Waals surface area contributed by atoms with E-state index >= 15 is 0 Å². The summed E-state index contributed by atoms with van der Waals surface area (Å²) in [4.78, 5) is 13.5. The van der Waals surface area contributed by atoms with Crippen molar-refractivity contribution in [1.29, 1.82) is 0 Å². The molecule has 0 heterocycles. The Bertz CT molecular complexity index is 1120. The first-order valence-corrected chi connectivity index (χ1v) is 10.1. The van der Waals surface area contributed by atoms with E-state index in [4.69, 9.17) is 0 Å². The molecule has 6 rings (SSSR count). The number of hydrogen-bond donors (Lipinski definition) is 0. The van der Waals surface area contributed by atoms with E-state index in [1.807, 2.05) is 6.07 Å². The van der Waals surface area contributed by atoms with E-state index in [0.29, 0.717) is 11.7 Å². The zero-order valence-electron chi connectivity index (χ0n) is 15.4. The topological polar surface area (TPSA) is 17.1 Å². The molecule has 132 valence electrons. The van der Waals surface area contributed by atoms with Crippen molar-refractivity contribution >= 4 is 16.6 Å². The Hall–Kier alpha value is -2.67. The van der Waals surface area contributed by atoms with Crippen LogP contribution in [0.25, 0.3) is 21.9 Å². The standard InChI is InChI=1S/C26H22O/c27-25-24-15-20-8-7-19(18-4-2-1-3-5-18)13-22(20)14-21(24)10-11-26(25)16-17-6-9-23(26)12-17/h1-8,13-15,23H,9-12,16H2. The minimum Gasteiger partial charge on any atom is -0.294 e. The number of rotatable bonds is 1. The monoisotopic (exact) mass is 350 g/mol. The molecule has 1 spiro atoms. The van der Waals surface area contributed by atoms with E-state index in [1.54, 1.807) is 0 Å². The maximum atomic E-state index is 13.5. The number of hydrogen-bond acceptors (Lipinski definition) is 1. The van der Waals surface area contributed by atoms with E-state index in [1.165, 1.54) is 33.0 Å². The minimum atomic E-state index is -0.0886. The third-order valence-electron chi connectivity index (χ3n) is 7.23. The second-order valence-electron chi connectivity index (χ2n) is 8.60. The van der Waals surface area contributed by atoms with Gasteiger partial charge < -0.3 is 0 Å². The van der Waals surface area contributed by atoms with Crippen LogP contribution in [0.4, 0.5) is 0 Å². The van der Waals surface area contributed by atoms with Crippen LogP contribution in [0.5, 0.6) is 0 Å². The Morgan fingerprint density at radius 1 is 0.889 bits per heavy atom. The van der Waals surface area contributed by atoms with Crippen LogP contribution in [-0.4, -0.2) is 5.78 Å². The lowest BCUT2D eigenvalue weighted by Gasteiger charge is -2.38. The number of fused-ring (bicyclic) bond motifs is 5. The number of Topliss-reactive ketones (excluding diaryl/α,β-unsaturated/α-hetero) is 1. The molecule has 1 heteroatoms. The molecule has 3 aliphatic carbocycles. The molecule has 3 aliphatic rings. The second-order valence-corrected chi connectivity index (χ2v) is 8.60. The Balaban J connectivity index is 1.45. The summed E-state index contributed by atoms with van der Waals surface area (Å²) < 4.78 is 0. The highest BCUT2D eigenvalue weighted by Gasteiger charge is 2.53. The summed E-state index contributed by atoms with van der Waals surface area (Å²) in [6, 6.07) is 21.6. The van der Waals surface area contributed by atoms with Crippen LogP contribution in [-0.2, 0) is 6.42 Å². The van der Waals surface area contributed by atoms with Gasteiger partial charge in [-0.1, -0.05) is 60.2 Å². The highest BCUT2D eigenvalue weighted by Crippen LogP contribution is 2.58. The van der Waals surface area contributed by atoms with Crippen molar-refractivity contribution in [2.24, 2.45) is 11.3 Å². The van der Waals surface area contributed by atoms with Crippen LogP contribution in [0, 0.1) is 11.3 Å². The van der Waals surface area contributed by atoms with Gasteiger partial charge in [-0.05, 0) is 77.6 Å². The van der Waals surface area contributed by atoms with Gasteiger partial charge >= 0.3 is 0 Å². The van der Waals surface area contributed by atoms with Gasteiger partial charge in [0.2, 0.25) is 0 Å². The fourth-order valence-electron chi connectivity index (χ4n) is 5.78.